The Kier molecular flexibility index (Phi) is 4.42. The molecule has 7 heteroatoms. The van der Waals surface area contributed by atoms with Crippen LogP contribution in [0.25, 0.3) is 0 Å². The Labute approximate surface area is 122 Å². The number of hydrogen-bond acceptors (Lipinski definition) is 5. The first kappa shape index (κ1) is 15.2. The molecule has 1 aliphatic heterocycles. The molecule has 1 aromatic carbocycles. The standard InChI is InChI=1S/C14H18N2O5/c1-3-10-8-21-9(2)7-15(10)14(18)12-6-11(17)4-5-13(12)16(19)20/h4-6,9-10,17H,3,7-8H2,1-2H3. The Hall–Kier alpha value is -2.15. The van der Waals surface area contributed by atoms with Crippen LogP contribution in [0.2, 0.25) is 0 Å². The van der Waals surface area contributed by atoms with Crippen molar-refractivity contribution in [3.8, 4) is 5.75 Å². The number of nitrogens with zero attached hydrogens (tertiary/aromatic N) is 2. The summed E-state index contributed by atoms with van der Waals surface area (Å²) in [5.41, 5.74) is -0.389. The van der Waals surface area contributed by atoms with Crippen LogP contribution in [-0.4, -0.2) is 46.1 Å². The summed E-state index contributed by atoms with van der Waals surface area (Å²) in [4.78, 5) is 24.7. The Morgan fingerprint density at radius 3 is 2.90 bits per heavy atom. The summed E-state index contributed by atoms with van der Waals surface area (Å²) in [6.45, 7) is 4.57. The summed E-state index contributed by atoms with van der Waals surface area (Å²) >= 11 is 0. The van der Waals surface area contributed by atoms with Gasteiger partial charge >= 0.3 is 0 Å². The molecule has 2 rings (SSSR count). The number of hydrogen-bond donors (Lipinski definition) is 1. The molecule has 1 aliphatic rings. The number of nitro groups is 1. The van der Waals surface area contributed by atoms with Gasteiger partial charge in [0.25, 0.3) is 11.6 Å². The van der Waals surface area contributed by atoms with Gasteiger partial charge in [-0.25, -0.2) is 0 Å². The Bertz CT molecular complexity index is 560. The quantitative estimate of drug-likeness (QED) is 0.679. The highest BCUT2D eigenvalue weighted by atomic mass is 16.6. The number of carbonyl (C=O) groups excluding carboxylic acids is 1. The summed E-state index contributed by atoms with van der Waals surface area (Å²) in [6.07, 6.45) is 0.582. The van der Waals surface area contributed by atoms with Crippen LogP contribution < -0.4 is 0 Å². The number of phenolic OH excluding ortho intramolecular Hbond substituents is 1. The lowest BCUT2D eigenvalue weighted by atomic mass is 10.1. The monoisotopic (exact) mass is 294 g/mol. The minimum atomic E-state index is -0.614. The molecule has 21 heavy (non-hydrogen) atoms. The third-order valence-electron chi connectivity index (χ3n) is 3.61. The summed E-state index contributed by atoms with van der Waals surface area (Å²) in [5.74, 6) is -0.613. The number of phenols is 1. The highest BCUT2D eigenvalue weighted by Gasteiger charge is 2.33. The molecule has 114 valence electrons. The highest BCUT2D eigenvalue weighted by Crippen LogP contribution is 2.27. The van der Waals surface area contributed by atoms with E-state index in [1.54, 1.807) is 4.90 Å². The number of benzene rings is 1. The van der Waals surface area contributed by atoms with Gasteiger partial charge in [-0.15, -0.1) is 0 Å². The van der Waals surface area contributed by atoms with Gasteiger partial charge in [-0.05, 0) is 25.5 Å². The smallest absolute Gasteiger partial charge is 0.282 e. The summed E-state index contributed by atoms with van der Waals surface area (Å²) in [6, 6.07) is 3.38. The van der Waals surface area contributed by atoms with E-state index in [2.05, 4.69) is 0 Å². The first-order chi connectivity index (χ1) is 9.93. The number of aromatic hydroxyl groups is 1. The molecular weight excluding hydrogens is 276 g/mol. The molecule has 1 aromatic rings. The van der Waals surface area contributed by atoms with Crippen molar-refractivity contribution in [2.75, 3.05) is 13.2 Å². The molecule has 1 N–H and O–H groups in total. The molecule has 0 spiro atoms. The first-order valence-electron chi connectivity index (χ1n) is 6.84. The zero-order chi connectivity index (χ0) is 15.6. The molecule has 1 heterocycles. The fraction of sp³-hybridized carbons (Fsp3) is 0.500. The molecule has 2 atom stereocenters. The molecule has 1 fully saturated rings. The van der Waals surface area contributed by atoms with E-state index in [1.165, 1.54) is 6.07 Å². The van der Waals surface area contributed by atoms with E-state index in [0.717, 1.165) is 12.1 Å². The Morgan fingerprint density at radius 1 is 1.57 bits per heavy atom. The van der Waals surface area contributed by atoms with Crippen molar-refractivity contribution in [3.63, 3.8) is 0 Å². The predicted molar refractivity (Wildman–Crippen MR) is 75.3 cm³/mol. The zero-order valence-electron chi connectivity index (χ0n) is 12.0. The van der Waals surface area contributed by atoms with E-state index in [-0.39, 0.29) is 29.1 Å². The van der Waals surface area contributed by atoms with Gasteiger partial charge in [0.1, 0.15) is 11.3 Å². The van der Waals surface area contributed by atoms with Gasteiger partial charge in [-0.2, -0.15) is 0 Å². The van der Waals surface area contributed by atoms with E-state index >= 15 is 0 Å². The minimum absolute atomic E-state index is 0.0902. The molecule has 0 radical (unpaired) electrons. The Morgan fingerprint density at radius 2 is 2.29 bits per heavy atom. The van der Waals surface area contributed by atoms with Crippen LogP contribution in [0.3, 0.4) is 0 Å². The molecule has 2 unspecified atom stereocenters. The number of ether oxygens (including phenoxy) is 1. The number of morpholine rings is 1. The summed E-state index contributed by atoms with van der Waals surface area (Å²) < 4.78 is 5.52. The maximum atomic E-state index is 12.6. The maximum Gasteiger partial charge on any atom is 0.282 e. The summed E-state index contributed by atoms with van der Waals surface area (Å²) in [7, 11) is 0. The van der Waals surface area contributed by atoms with Crippen molar-refractivity contribution in [1.82, 2.24) is 4.90 Å². The predicted octanol–water partition coefficient (Wildman–Crippen LogP) is 1.94. The van der Waals surface area contributed by atoms with Crippen LogP contribution in [0.1, 0.15) is 30.6 Å². The number of rotatable bonds is 3. The lowest BCUT2D eigenvalue weighted by Crippen LogP contribution is -2.51. The van der Waals surface area contributed by atoms with E-state index in [1.807, 2.05) is 13.8 Å². The highest BCUT2D eigenvalue weighted by molar-refractivity contribution is 5.98. The molecule has 0 bridgehead atoms. The second-order valence-corrected chi connectivity index (χ2v) is 5.12. The van der Waals surface area contributed by atoms with Crippen LogP contribution in [0.4, 0.5) is 5.69 Å². The van der Waals surface area contributed by atoms with Gasteiger partial charge in [-0.3, -0.25) is 14.9 Å². The van der Waals surface area contributed by atoms with Gasteiger partial charge in [0, 0.05) is 12.6 Å². The second kappa shape index (κ2) is 6.09. The van der Waals surface area contributed by atoms with Crippen molar-refractivity contribution in [2.45, 2.75) is 32.4 Å². The van der Waals surface area contributed by atoms with E-state index in [9.17, 15) is 20.0 Å². The molecule has 0 aliphatic carbocycles. The first-order valence-corrected chi connectivity index (χ1v) is 6.84. The van der Waals surface area contributed by atoms with Crippen LogP contribution in [0.5, 0.6) is 5.75 Å². The van der Waals surface area contributed by atoms with Crippen molar-refractivity contribution < 1.29 is 19.6 Å². The van der Waals surface area contributed by atoms with Crippen molar-refractivity contribution in [1.29, 1.82) is 0 Å². The minimum Gasteiger partial charge on any atom is -0.508 e. The van der Waals surface area contributed by atoms with E-state index < -0.39 is 10.8 Å². The topological polar surface area (TPSA) is 92.9 Å². The van der Waals surface area contributed by atoms with Crippen LogP contribution in [-0.2, 0) is 4.74 Å². The normalized spacial score (nSPS) is 22.1. The van der Waals surface area contributed by atoms with Gasteiger partial charge in [0.05, 0.1) is 23.7 Å². The third-order valence-corrected chi connectivity index (χ3v) is 3.61. The fourth-order valence-corrected chi connectivity index (χ4v) is 2.44. The second-order valence-electron chi connectivity index (χ2n) is 5.12. The van der Waals surface area contributed by atoms with Gasteiger partial charge in [-0.1, -0.05) is 6.92 Å². The van der Waals surface area contributed by atoms with Gasteiger partial charge in [0.2, 0.25) is 0 Å². The number of amides is 1. The van der Waals surface area contributed by atoms with Crippen LogP contribution in [0, 0.1) is 10.1 Å². The lowest BCUT2D eigenvalue weighted by Gasteiger charge is -2.38. The van der Waals surface area contributed by atoms with Gasteiger partial charge in [0.15, 0.2) is 0 Å². The largest absolute Gasteiger partial charge is 0.508 e. The lowest BCUT2D eigenvalue weighted by molar-refractivity contribution is -0.385. The SMILES string of the molecule is CCC1COC(C)CN1C(=O)c1cc(O)ccc1[N+](=O)[O-]. The van der Waals surface area contributed by atoms with Crippen molar-refractivity contribution >= 4 is 11.6 Å². The number of nitro benzene ring substituents is 1. The van der Waals surface area contributed by atoms with Gasteiger partial charge < -0.3 is 14.7 Å². The van der Waals surface area contributed by atoms with Crippen molar-refractivity contribution in [2.24, 2.45) is 0 Å². The molecule has 0 aromatic heterocycles. The Balaban J connectivity index is 2.38. The van der Waals surface area contributed by atoms with Crippen LogP contribution in [0.15, 0.2) is 18.2 Å². The molecule has 1 saturated heterocycles. The molecule has 0 saturated carbocycles. The van der Waals surface area contributed by atoms with Crippen molar-refractivity contribution in [3.05, 3.63) is 33.9 Å². The van der Waals surface area contributed by atoms with E-state index in [4.69, 9.17) is 4.74 Å². The zero-order valence-corrected chi connectivity index (χ0v) is 12.0. The molecular formula is C14H18N2O5. The summed E-state index contributed by atoms with van der Waals surface area (Å²) in [5, 5.41) is 20.6. The third kappa shape index (κ3) is 3.13. The maximum absolute atomic E-state index is 12.6. The molecule has 7 nitrogen and oxygen atoms in total. The van der Waals surface area contributed by atoms with E-state index in [0.29, 0.717) is 19.6 Å². The van der Waals surface area contributed by atoms with Crippen LogP contribution >= 0.6 is 0 Å². The fourth-order valence-electron chi connectivity index (χ4n) is 2.44. The average Bonchev–Trinajstić information content (AvgIpc) is 2.46. The number of carbonyl (C=O) groups is 1. The average molecular weight is 294 g/mol. The molecule has 1 amide bonds.